The number of rotatable bonds is 3. The highest BCUT2D eigenvalue weighted by Gasteiger charge is 2.11. The van der Waals surface area contributed by atoms with Crippen molar-refractivity contribution in [1.29, 1.82) is 0 Å². The van der Waals surface area contributed by atoms with Crippen molar-refractivity contribution in [3.63, 3.8) is 0 Å². The molecule has 1 atom stereocenters. The van der Waals surface area contributed by atoms with E-state index in [2.05, 4.69) is 31.3 Å². The second kappa shape index (κ2) is 3.62. The molecule has 0 saturated carbocycles. The SMILES string of the molecule is CCCC[NH+]1C=CN(C)C1. The lowest BCUT2D eigenvalue weighted by molar-refractivity contribution is -0.848. The first-order valence-corrected chi connectivity index (χ1v) is 4.06. The molecule has 0 radical (unpaired) electrons. The molecule has 0 saturated heterocycles. The van der Waals surface area contributed by atoms with Gasteiger partial charge in [0.05, 0.1) is 12.7 Å². The van der Waals surface area contributed by atoms with E-state index in [1.54, 1.807) is 4.90 Å². The maximum absolute atomic E-state index is 2.25. The second-order valence-electron chi connectivity index (χ2n) is 2.99. The molecule has 1 rings (SSSR count). The number of unbranched alkanes of at least 4 members (excludes halogenated alkanes) is 1. The molecule has 58 valence electrons. The van der Waals surface area contributed by atoms with Crippen LogP contribution in [0.5, 0.6) is 0 Å². The summed E-state index contributed by atoms with van der Waals surface area (Å²) in [6.07, 6.45) is 7.05. The highest BCUT2D eigenvalue weighted by Crippen LogP contribution is 1.85. The topological polar surface area (TPSA) is 7.68 Å². The van der Waals surface area contributed by atoms with Crippen LogP contribution in [0.3, 0.4) is 0 Å². The summed E-state index contributed by atoms with van der Waals surface area (Å²) in [5, 5.41) is 0. The number of hydrogen-bond donors (Lipinski definition) is 1. The molecule has 0 amide bonds. The Labute approximate surface area is 63.1 Å². The maximum atomic E-state index is 2.25. The summed E-state index contributed by atoms with van der Waals surface area (Å²) >= 11 is 0. The molecule has 0 spiro atoms. The Morgan fingerprint density at radius 1 is 1.60 bits per heavy atom. The Kier molecular flexibility index (Phi) is 2.75. The van der Waals surface area contributed by atoms with Crippen molar-refractivity contribution < 1.29 is 4.90 Å². The molecule has 0 aliphatic carbocycles. The van der Waals surface area contributed by atoms with E-state index in [4.69, 9.17) is 0 Å². The van der Waals surface area contributed by atoms with Crippen LogP contribution >= 0.6 is 0 Å². The summed E-state index contributed by atoms with van der Waals surface area (Å²) in [4.78, 5) is 3.81. The van der Waals surface area contributed by atoms with E-state index in [-0.39, 0.29) is 0 Å². The average Bonchev–Trinajstić information content (AvgIpc) is 2.31. The van der Waals surface area contributed by atoms with Gasteiger partial charge in [0.15, 0.2) is 6.67 Å². The molecule has 2 heteroatoms. The van der Waals surface area contributed by atoms with Gasteiger partial charge < -0.3 is 4.90 Å². The van der Waals surface area contributed by atoms with Crippen molar-refractivity contribution in [2.24, 2.45) is 0 Å². The fourth-order valence-electron chi connectivity index (χ4n) is 1.22. The van der Waals surface area contributed by atoms with Crippen LogP contribution in [0.2, 0.25) is 0 Å². The third kappa shape index (κ3) is 2.03. The van der Waals surface area contributed by atoms with Crippen LogP contribution in [0.1, 0.15) is 19.8 Å². The molecular formula is C8H17N2+. The van der Waals surface area contributed by atoms with Crippen molar-refractivity contribution in [3.8, 4) is 0 Å². The predicted molar refractivity (Wildman–Crippen MR) is 42.5 cm³/mol. The Balaban J connectivity index is 2.14. The molecule has 1 N–H and O–H groups in total. The summed E-state index contributed by atoms with van der Waals surface area (Å²) in [5.74, 6) is 0. The standard InChI is InChI=1S/C8H16N2/c1-3-4-5-10-7-6-9(2)8-10/h6-7H,3-5,8H2,1-2H3/p+1. The minimum absolute atomic E-state index is 1.15. The van der Waals surface area contributed by atoms with Gasteiger partial charge in [-0.05, 0) is 6.42 Å². The van der Waals surface area contributed by atoms with Crippen LogP contribution < -0.4 is 4.90 Å². The van der Waals surface area contributed by atoms with E-state index < -0.39 is 0 Å². The largest absolute Gasteiger partial charge is 0.329 e. The smallest absolute Gasteiger partial charge is 0.156 e. The zero-order valence-corrected chi connectivity index (χ0v) is 6.93. The minimum Gasteiger partial charge on any atom is -0.329 e. The van der Waals surface area contributed by atoms with Gasteiger partial charge in [-0.15, -0.1) is 0 Å². The summed E-state index contributed by atoms with van der Waals surface area (Å²) in [6.45, 7) is 4.68. The summed E-state index contributed by atoms with van der Waals surface area (Å²) in [5.41, 5.74) is 0. The van der Waals surface area contributed by atoms with Crippen molar-refractivity contribution in [1.82, 2.24) is 4.90 Å². The molecule has 1 heterocycles. The lowest BCUT2D eigenvalue weighted by Crippen LogP contribution is -3.07. The summed E-state index contributed by atoms with van der Waals surface area (Å²) < 4.78 is 0. The molecule has 1 unspecified atom stereocenters. The number of nitrogens with zero attached hydrogens (tertiary/aromatic N) is 1. The highest BCUT2D eigenvalue weighted by atomic mass is 15.3. The van der Waals surface area contributed by atoms with Crippen LogP contribution in [-0.4, -0.2) is 25.2 Å². The zero-order chi connectivity index (χ0) is 7.40. The van der Waals surface area contributed by atoms with Crippen LogP contribution in [0.4, 0.5) is 0 Å². The van der Waals surface area contributed by atoms with Gasteiger partial charge in [-0.2, -0.15) is 0 Å². The maximum Gasteiger partial charge on any atom is 0.156 e. The van der Waals surface area contributed by atoms with Gasteiger partial charge in [0.1, 0.15) is 6.20 Å². The van der Waals surface area contributed by atoms with Crippen molar-refractivity contribution in [2.75, 3.05) is 20.3 Å². The normalized spacial score (nSPS) is 24.2. The second-order valence-corrected chi connectivity index (χ2v) is 2.99. The third-order valence-corrected chi connectivity index (χ3v) is 1.87. The first kappa shape index (κ1) is 7.61. The van der Waals surface area contributed by atoms with Gasteiger partial charge >= 0.3 is 0 Å². The van der Waals surface area contributed by atoms with Gasteiger partial charge in [0.2, 0.25) is 0 Å². The number of nitrogens with one attached hydrogen (secondary N) is 1. The van der Waals surface area contributed by atoms with Crippen LogP contribution in [0, 0.1) is 0 Å². The monoisotopic (exact) mass is 141 g/mol. The van der Waals surface area contributed by atoms with Crippen molar-refractivity contribution in [3.05, 3.63) is 12.4 Å². The van der Waals surface area contributed by atoms with E-state index in [9.17, 15) is 0 Å². The van der Waals surface area contributed by atoms with Gasteiger partial charge in [-0.25, -0.2) is 0 Å². The van der Waals surface area contributed by atoms with E-state index in [0.29, 0.717) is 0 Å². The molecule has 1 aliphatic rings. The molecule has 0 aromatic carbocycles. The van der Waals surface area contributed by atoms with Gasteiger partial charge in [0, 0.05) is 7.05 Å². The van der Waals surface area contributed by atoms with E-state index >= 15 is 0 Å². The molecule has 10 heavy (non-hydrogen) atoms. The van der Waals surface area contributed by atoms with Crippen molar-refractivity contribution >= 4 is 0 Å². The predicted octanol–water partition coefficient (Wildman–Crippen LogP) is 0.0455. The average molecular weight is 141 g/mol. The Morgan fingerprint density at radius 3 is 2.90 bits per heavy atom. The zero-order valence-electron chi connectivity index (χ0n) is 6.93. The molecule has 1 aliphatic heterocycles. The minimum atomic E-state index is 1.15. The fraction of sp³-hybridized carbons (Fsp3) is 0.750. The summed E-state index contributed by atoms with van der Waals surface area (Å²) in [7, 11) is 2.12. The van der Waals surface area contributed by atoms with E-state index in [1.807, 2.05) is 0 Å². The third-order valence-electron chi connectivity index (χ3n) is 1.87. The van der Waals surface area contributed by atoms with E-state index in [1.165, 1.54) is 19.4 Å². The fourth-order valence-corrected chi connectivity index (χ4v) is 1.22. The van der Waals surface area contributed by atoms with Crippen LogP contribution in [0.25, 0.3) is 0 Å². The Hall–Kier alpha value is -0.500. The van der Waals surface area contributed by atoms with E-state index in [0.717, 1.165) is 6.67 Å². The molecule has 0 aromatic rings. The molecule has 0 fully saturated rings. The van der Waals surface area contributed by atoms with Gasteiger partial charge in [-0.3, -0.25) is 4.90 Å². The first-order valence-electron chi connectivity index (χ1n) is 4.06. The van der Waals surface area contributed by atoms with Crippen molar-refractivity contribution in [2.45, 2.75) is 19.8 Å². The first-order chi connectivity index (χ1) is 4.83. The Bertz CT molecular complexity index is 120. The summed E-state index contributed by atoms with van der Waals surface area (Å²) in [6, 6.07) is 0. The quantitative estimate of drug-likeness (QED) is 0.583. The molecular weight excluding hydrogens is 124 g/mol. The molecule has 0 aromatic heterocycles. The number of hydrogen-bond acceptors (Lipinski definition) is 1. The van der Waals surface area contributed by atoms with Crippen LogP contribution in [0.15, 0.2) is 12.4 Å². The van der Waals surface area contributed by atoms with Gasteiger partial charge in [0.25, 0.3) is 0 Å². The van der Waals surface area contributed by atoms with Gasteiger partial charge in [-0.1, -0.05) is 13.3 Å². The lowest BCUT2D eigenvalue weighted by atomic mass is 10.3. The Morgan fingerprint density at radius 2 is 2.40 bits per heavy atom. The molecule has 0 bridgehead atoms. The van der Waals surface area contributed by atoms with Crippen LogP contribution in [-0.2, 0) is 0 Å². The molecule has 2 nitrogen and oxygen atoms in total. The number of quaternary nitrogens is 1. The lowest BCUT2D eigenvalue weighted by Gasteiger charge is -2.11. The highest BCUT2D eigenvalue weighted by molar-refractivity contribution is 4.74.